The summed E-state index contributed by atoms with van der Waals surface area (Å²) < 4.78 is 12.8. The van der Waals surface area contributed by atoms with Gasteiger partial charge in [-0.05, 0) is 96.9 Å². The van der Waals surface area contributed by atoms with Crippen molar-refractivity contribution in [1.82, 2.24) is 9.97 Å². The van der Waals surface area contributed by atoms with Crippen LogP contribution in [-0.4, -0.2) is 28.3 Å². The van der Waals surface area contributed by atoms with Crippen molar-refractivity contribution in [3.05, 3.63) is 164 Å². The number of hydrogen-bond donors (Lipinski definition) is 0. The minimum Gasteiger partial charge on any atom is -0.399 e. The Labute approximate surface area is 301 Å². The van der Waals surface area contributed by atoms with Crippen molar-refractivity contribution in [2.24, 2.45) is 0 Å². The van der Waals surface area contributed by atoms with Crippen LogP contribution < -0.4 is 5.46 Å². The summed E-state index contributed by atoms with van der Waals surface area (Å²) in [5, 5.41) is 0. The zero-order valence-corrected chi connectivity index (χ0v) is 29.4. The largest absolute Gasteiger partial charge is 0.494 e. The molecule has 0 saturated carbocycles. The van der Waals surface area contributed by atoms with Gasteiger partial charge in [-0.15, -0.1) is 0 Å². The number of aromatic nitrogens is 2. The maximum absolute atomic E-state index is 6.39. The fourth-order valence-electron chi connectivity index (χ4n) is 6.53. The second-order valence-corrected chi connectivity index (χ2v) is 14.2. The van der Waals surface area contributed by atoms with E-state index in [1.807, 2.05) is 30.3 Å². The van der Waals surface area contributed by atoms with Gasteiger partial charge in [0.05, 0.1) is 22.6 Å². The van der Waals surface area contributed by atoms with Crippen molar-refractivity contribution in [2.75, 3.05) is 0 Å². The highest BCUT2D eigenvalue weighted by Crippen LogP contribution is 2.38. The van der Waals surface area contributed by atoms with Crippen LogP contribution in [0.5, 0.6) is 0 Å². The third-order valence-electron chi connectivity index (χ3n) is 10.1. The van der Waals surface area contributed by atoms with Crippen LogP contribution in [0.2, 0.25) is 0 Å². The number of benzene rings is 6. The van der Waals surface area contributed by atoms with Crippen LogP contribution >= 0.6 is 0 Å². The molecular weight excluding hydrogens is 623 g/mol. The first kappa shape index (κ1) is 32.6. The first-order valence-electron chi connectivity index (χ1n) is 17.5. The molecule has 0 unspecified atom stereocenters. The molecule has 0 amide bonds. The van der Waals surface area contributed by atoms with Gasteiger partial charge in [0.15, 0.2) is 5.82 Å². The molecule has 0 N–H and O–H groups in total. The van der Waals surface area contributed by atoms with Gasteiger partial charge < -0.3 is 9.31 Å². The molecule has 5 heteroatoms. The van der Waals surface area contributed by atoms with Crippen molar-refractivity contribution >= 4 is 12.6 Å². The van der Waals surface area contributed by atoms with Crippen LogP contribution in [0.3, 0.4) is 0 Å². The van der Waals surface area contributed by atoms with Crippen molar-refractivity contribution < 1.29 is 9.31 Å². The summed E-state index contributed by atoms with van der Waals surface area (Å²) in [6, 6.07) is 57.2. The fourth-order valence-corrected chi connectivity index (χ4v) is 6.53. The number of rotatable bonds is 7. The van der Waals surface area contributed by atoms with E-state index < -0.39 is 18.3 Å². The summed E-state index contributed by atoms with van der Waals surface area (Å²) >= 11 is 0. The van der Waals surface area contributed by atoms with Gasteiger partial charge in [0.2, 0.25) is 0 Å². The zero-order valence-electron chi connectivity index (χ0n) is 29.4. The smallest absolute Gasteiger partial charge is 0.399 e. The first-order valence-corrected chi connectivity index (χ1v) is 17.5. The highest BCUT2D eigenvalue weighted by atomic mass is 16.7. The van der Waals surface area contributed by atoms with Crippen molar-refractivity contribution in [3.8, 4) is 67.3 Å². The van der Waals surface area contributed by atoms with E-state index in [-0.39, 0.29) is 0 Å². The summed E-state index contributed by atoms with van der Waals surface area (Å²) in [5.41, 5.74) is 11.7. The average Bonchev–Trinajstić information content (AvgIpc) is 3.41. The maximum Gasteiger partial charge on any atom is 0.494 e. The third-order valence-corrected chi connectivity index (χ3v) is 10.1. The minimum absolute atomic E-state index is 0.432. The van der Waals surface area contributed by atoms with Gasteiger partial charge in [-0.1, -0.05) is 133 Å². The van der Waals surface area contributed by atoms with E-state index in [9.17, 15) is 0 Å². The van der Waals surface area contributed by atoms with E-state index in [4.69, 9.17) is 19.3 Å². The van der Waals surface area contributed by atoms with Gasteiger partial charge in [0.25, 0.3) is 0 Å². The molecule has 4 nitrogen and oxygen atoms in total. The molecule has 6 aromatic carbocycles. The lowest BCUT2D eigenvalue weighted by Gasteiger charge is -2.32. The molecule has 1 fully saturated rings. The lowest BCUT2D eigenvalue weighted by atomic mass is 9.78. The lowest BCUT2D eigenvalue weighted by molar-refractivity contribution is 0.00578. The van der Waals surface area contributed by atoms with Crippen LogP contribution in [0.1, 0.15) is 27.7 Å². The summed E-state index contributed by atoms with van der Waals surface area (Å²) in [6.07, 6.45) is 0. The predicted molar refractivity (Wildman–Crippen MR) is 210 cm³/mol. The Kier molecular flexibility index (Phi) is 8.47. The van der Waals surface area contributed by atoms with Gasteiger partial charge in [-0.3, -0.25) is 0 Å². The fraction of sp³-hybridized carbons (Fsp3) is 0.130. The van der Waals surface area contributed by atoms with Gasteiger partial charge >= 0.3 is 7.12 Å². The molecule has 1 aliphatic heterocycles. The highest BCUT2D eigenvalue weighted by Gasteiger charge is 2.51. The summed E-state index contributed by atoms with van der Waals surface area (Å²) in [7, 11) is -0.476. The summed E-state index contributed by atoms with van der Waals surface area (Å²) in [6.45, 7) is 8.29. The highest BCUT2D eigenvalue weighted by molar-refractivity contribution is 6.62. The molecule has 51 heavy (non-hydrogen) atoms. The first-order chi connectivity index (χ1) is 24.7. The van der Waals surface area contributed by atoms with Crippen LogP contribution in [0.15, 0.2) is 164 Å². The normalized spacial score (nSPS) is 14.8. The van der Waals surface area contributed by atoms with E-state index in [2.05, 4.69) is 161 Å². The molecule has 1 saturated heterocycles. The monoisotopic (exact) mass is 662 g/mol. The second kappa shape index (κ2) is 13.3. The van der Waals surface area contributed by atoms with E-state index in [1.54, 1.807) is 0 Å². The Morgan fingerprint density at radius 2 is 0.784 bits per heavy atom. The van der Waals surface area contributed by atoms with Gasteiger partial charge in [0, 0.05) is 16.7 Å². The Morgan fingerprint density at radius 3 is 1.35 bits per heavy atom. The Balaban J connectivity index is 1.23. The topological polar surface area (TPSA) is 44.2 Å². The molecule has 0 spiro atoms. The quantitative estimate of drug-likeness (QED) is 0.159. The molecule has 7 aromatic rings. The molecule has 8 rings (SSSR count). The average molecular weight is 663 g/mol. The van der Waals surface area contributed by atoms with E-state index in [0.717, 1.165) is 44.7 Å². The lowest BCUT2D eigenvalue weighted by Crippen LogP contribution is -2.41. The van der Waals surface area contributed by atoms with Crippen LogP contribution in [0.25, 0.3) is 67.3 Å². The summed E-state index contributed by atoms with van der Waals surface area (Å²) in [5.74, 6) is 0.646. The van der Waals surface area contributed by atoms with Crippen LogP contribution in [0.4, 0.5) is 0 Å². The van der Waals surface area contributed by atoms with E-state index in [0.29, 0.717) is 5.82 Å². The molecule has 0 radical (unpaired) electrons. The Hall–Kier alpha value is -5.62. The molecule has 0 aliphatic carbocycles. The molecule has 0 atom stereocenters. The molecule has 1 aromatic heterocycles. The van der Waals surface area contributed by atoms with Gasteiger partial charge in [0.1, 0.15) is 0 Å². The summed E-state index contributed by atoms with van der Waals surface area (Å²) in [4.78, 5) is 10.3. The standard InChI is InChI=1S/C46H39BN2O2/c1-45(2)46(3,4)51-47(50-45)41-25-15-24-37(30-41)44-48-42(34-20-12-7-13-21-34)31-43(49-44)36-23-14-22-35(26-36)40-28-38(32-16-8-5-9-17-32)27-39(29-40)33-18-10-6-11-19-33/h5-31H,1-4H3. The minimum atomic E-state index is -0.476. The van der Waals surface area contributed by atoms with E-state index in [1.165, 1.54) is 22.3 Å². The van der Waals surface area contributed by atoms with Crippen LogP contribution in [0, 0.1) is 0 Å². The molecule has 248 valence electrons. The number of hydrogen-bond acceptors (Lipinski definition) is 4. The number of nitrogens with zero attached hydrogens (tertiary/aromatic N) is 2. The van der Waals surface area contributed by atoms with Crippen LogP contribution in [-0.2, 0) is 9.31 Å². The molecule has 1 aliphatic rings. The van der Waals surface area contributed by atoms with Crippen molar-refractivity contribution in [3.63, 3.8) is 0 Å². The van der Waals surface area contributed by atoms with E-state index >= 15 is 0 Å². The van der Waals surface area contributed by atoms with Crippen molar-refractivity contribution in [2.45, 2.75) is 38.9 Å². The predicted octanol–water partition coefficient (Wildman–Crippen LogP) is 10.8. The third kappa shape index (κ3) is 6.66. The molecular formula is C46H39BN2O2. The maximum atomic E-state index is 6.39. The molecule has 2 heterocycles. The van der Waals surface area contributed by atoms with Gasteiger partial charge in [-0.2, -0.15) is 0 Å². The second-order valence-electron chi connectivity index (χ2n) is 14.2. The molecule has 0 bridgehead atoms. The zero-order chi connectivity index (χ0) is 35.0. The van der Waals surface area contributed by atoms with Gasteiger partial charge in [-0.25, -0.2) is 9.97 Å². The Morgan fingerprint density at radius 1 is 0.373 bits per heavy atom. The Bertz CT molecular complexity index is 2250. The van der Waals surface area contributed by atoms with Crippen molar-refractivity contribution in [1.29, 1.82) is 0 Å². The SMILES string of the molecule is CC1(C)OB(c2cccc(-c3nc(-c4ccccc4)cc(-c4cccc(-c5cc(-c6ccccc6)cc(-c6ccccc6)c5)c4)n3)c2)OC1(C)C.